The van der Waals surface area contributed by atoms with Crippen LogP contribution in [0.25, 0.3) is 0 Å². The lowest BCUT2D eigenvalue weighted by Gasteiger charge is -2.38. The summed E-state index contributed by atoms with van der Waals surface area (Å²) in [7, 11) is 0. The molecule has 1 aliphatic rings. The summed E-state index contributed by atoms with van der Waals surface area (Å²) in [5, 5.41) is 12.4. The molecule has 1 unspecified atom stereocenters. The van der Waals surface area contributed by atoms with E-state index in [-0.39, 0.29) is 12.6 Å². The van der Waals surface area contributed by atoms with E-state index in [1.165, 1.54) is 24.0 Å². The Kier molecular flexibility index (Phi) is 3.62. The first-order valence-electron chi connectivity index (χ1n) is 6.12. The highest BCUT2D eigenvalue weighted by molar-refractivity contribution is 5.27. The number of benzene rings is 1. The number of rotatable bonds is 4. The average Bonchev–Trinajstić information content (AvgIpc) is 2.22. The van der Waals surface area contributed by atoms with Gasteiger partial charge in [0.05, 0.1) is 6.61 Å². The minimum absolute atomic E-state index is 0.225. The molecule has 2 rings (SSSR count). The third-order valence-electron chi connectivity index (χ3n) is 3.45. The highest BCUT2D eigenvalue weighted by Crippen LogP contribution is 2.37. The number of aryl methyl sites for hydroxylation is 1. The first kappa shape index (κ1) is 11.6. The number of aliphatic hydroxyl groups excluding tert-OH is 1. The van der Waals surface area contributed by atoms with Gasteiger partial charge < -0.3 is 10.4 Å². The van der Waals surface area contributed by atoms with Crippen molar-refractivity contribution in [3.05, 3.63) is 35.4 Å². The Morgan fingerprint density at radius 3 is 2.81 bits per heavy atom. The molecule has 1 aromatic carbocycles. The maximum atomic E-state index is 8.96. The van der Waals surface area contributed by atoms with Gasteiger partial charge >= 0.3 is 0 Å². The molecule has 1 aliphatic carbocycles. The Morgan fingerprint density at radius 1 is 1.44 bits per heavy atom. The molecule has 1 aromatic rings. The minimum Gasteiger partial charge on any atom is -0.395 e. The van der Waals surface area contributed by atoms with Gasteiger partial charge in [-0.1, -0.05) is 29.8 Å². The van der Waals surface area contributed by atoms with Crippen LogP contribution in [-0.4, -0.2) is 23.8 Å². The summed E-state index contributed by atoms with van der Waals surface area (Å²) in [6, 6.07) is 9.61. The third kappa shape index (κ3) is 2.63. The van der Waals surface area contributed by atoms with Crippen LogP contribution >= 0.6 is 0 Å². The van der Waals surface area contributed by atoms with Crippen LogP contribution < -0.4 is 5.32 Å². The fourth-order valence-corrected chi connectivity index (χ4v) is 2.41. The predicted octanol–water partition coefficient (Wildman–Crippen LogP) is 2.21. The second-order valence-corrected chi connectivity index (χ2v) is 5.03. The van der Waals surface area contributed by atoms with Gasteiger partial charge in [-0.2, -0.15) is 0 Å². The topological polar surface area (TPSA) is 32.3 Å². The molecule has 1 atom stereocenters. The fourth-order valence-electron chi connectivity index (χ4n) is 2.41. The lowest BCUT2D eigenvalue weighted by molar-refractivity contribution is 0.204. The molecule has 0 saturated heterocycles. The van der Waals surface area contributed by atoms with Crippen molar-refractivity contribution < 1.29 is 5.11 Å². The van der Waals surface area contributed by atoms with Gasteiger partial charge in [-0.25, -0.2) is 0 Å². The van der Waals surface area contributed by atoms with E-state index in [1.54, 1.807) is 0 Å². The van der Waals surface area contributed by atoms with E-state index in [1.807, 2.05) is 6.92 Å². The summed E-state index contributed by atoms with van der Waals surface area (Å²) in [6.07, 6.45) is 2.40. The van der Waals surface area contributed by atoms with Crippen molar-refractivity contribution in [1.29, 1.82) is 0 Å². The van der Waals surface area contributed by atoms with E-state index in [4.69, 9.17) is 5.11 Å². The third-order valence-corrected chi connectivity index (χ3v) is 3.45. The molecule has 1 saturated carbocycles. The van der Waals surface area contributed by atoms with Gasteiger partial charge in [0.25, 0.3) is 0 Å². The molecular weight excluding hydrogens is 198 g/mol. The van der Waals surface area contributed by atoms with E-state index in [2.05, 4.69) is 36.5 Å². The van der Waals surface area contributed by atoms with Gasteiger partial charge in [0.2, 0.25) is 0 Å². The Bertz CT molecular complexity index is 344. The number of hydrogen-bond acceptors (Lipinski definition) is 2. The highest BCUT2D eigenvalue weighted by atomic mass is 16.3. The molecule has 0 spiro atoms. The molecule has 0 heterocycles. The van der Waals surface area contributed by atoms with Crippen LogP contribution in [-0.2, 0) is 0 Å². The molecule has 0 amide bonds. The van der Waals surface area contributed by atoms with Crippen LogP contribution in [0.3, 0.4) is 0 Å². The first-order chi connectivity index (χ1) is 7.69. The number of aliphatic hydroxyl groups is 1. The van der Waals surface area contributed by atoms with Gasteiger partial charge in [-0.15, -0.1) is 0 Å². The van der Waals surface area contributed by atoms with Gasteiger partial charge in [-0.05, 0) is 38.2 Å². The zero-order valence-electron chi connectivity index (χ0n) is 10.1. The predicted molar refractivity (Wildman–Crippen MR) is 66.6 cm³/mol. The normalized spacial score (nSPS) is 26.2. The fraction of sp³-hybridized carbons (Fsp3) is 0.571. The van der Waals surface area contributed by atoms with Crippen molar-refractivity contribution in [1.82, 2.24) is 5.32 Å². The molecule has 16 heavy (non-hydrogen) atoms. The Labute approximate surface area is 97.7 Å². The quantitative estimate of drug-likeness (QED) is 0.813. The van der Waals surface area contributed by atoms with E-state index in [0.29, 0.717) is 12.0 Å². The Hall–Kier alpha value is -0.860. The van der Waals surface area contributed by atoms with Crippen molar-refractivity contribution in [2.45, 2.75) is 44.7 Å². The molecule has 88 valence electrons. The number of hydrogen-bond donors (Lipinski definition) is 2. The van der Waals surface area contributed by atoms with E-state index < -0.39 is 0 Å². The van der Waals surface area contributed by atoms with Gasteiger partial charge in [-0.3, -0.25) is 0 Å². The molecule has 0 aliphatic heterocycles. The Balaban J connectivity index is 1.84. The molecule has 0 bridgehead atoms. The second-order valence-electron chi connectivity index (χ2n) is 5.03. The summed E-state index contributed by atoms with van der Waals surface area (Å²) >= 11 is 0. The van der Waals surface area contributed by atoms with Crippen LogP contribution in [0.1, 0.15) is 36.8 Å². The van der Waals surface area contributed by atoms with Gasteiger partial charge in [0, 0.05) is 12.1 Å². The highest BCUT2D eigenvalue weighted by Gasteiger charge is 2.30. The summed E-state index contributed by atoms with van der Waals surface area (Å²) in [5.41, 5.74) is 2.81. The molecule has 1 fully saturated rings. The number of nitrogens with one attached hydrogen (secondary N) is 1. The smallest absolute Gasteiger partial charge is 0.0582 e. The SMILES string of the molecule is Cc1cccc(C2CC(NC(C)CO)C2)c1. The van der Waals surface area contributed by atoms with Crippen LogP contribution in [0.2, 0.25) is 0 Å². The lowest BCUT2D eigenvalue weighted by atomic mass is 9.75. The average molecular weight is 219 g/mol. The molecule has 2 N–H and O–H groups in total. The standard InChI is InChI=1S/C14H21NO/c1-10-4-3-5-12(6-10)13-7-14(8-13)15-11(2)9-16/h3-6,11,13-16H,7-9H2,1-2H3. The van der Waals surface area contributed by atoms with E-state index >= 15 is 0 Å². The molecule has 0 radical (unpaired) electrons. The van der Waals surface area contributed by atoms with Crippen molar-refractivity contribution in [2.75, 3.05) is 6.61 Å². The molecule has 2 heteroatoms. The Morgan fingerprint density at radius 2 is 2.19 bits per heavy atom. The van der Waals surface area contributed by atoms with E-state index in [9.17, 15) is 0 Å². The zero-order valence-corrected chi connectivity index (χ0v) is 10.1. The maximum absolute atomic E-state index is 8.96. The maximum Gasteiger partial charge on any atom is 0.0582 e. The minimum atomic E-state index is 0.225. The van der Waals surface area contributed by atoms with Crippen LogP contribution in [0, 0.1) is 6.92 Å². The summed E-state index contributed by atoms with van der Waals surface area (Å²) < 4.78 is 0. The molecular formula is C14H21NO. The van der Waals surface area contributed by atoms with Crippen molar-refractivity contribution in [2.24, 2.45) is 0 Å². The monoisotopic (exact) mass is 219 g/mol. The van der Waals surface area contributed by atoms with Crippen LogP contribution in [0.5, 0.6) is 0 Å². The van der Waals surface area contributed by atoms with Gasteiger partial charge in [0.1, 0.15) is 0 Å². The van der Waals surface area contributed by atoms with Crippen LogP contribution in [0.4, 0.5) is 0 Å². The van der Waals surface area contributed by atoms with Crippen molar-refractivity contribution >= 4 is 0 Å². The molecule has 0 aromatic heterocycles. The van der Waals surface area contributed by atoms with Crippen molar-refractivity contribution in [3.63, 3.8) is 0 Å². The second kappa shape index (κ2) is 4.98. The first-order valence-corrected chi connectivity index (χ1v) is 6.12. The van der Waals surface area contributed by atoms with Gasteiger partial charge in [0.15, 0.2) is 0 Å². The van der Waals surface area contributed by atoms with E-state index in [0.717, 1.165) is 0 Å². The summed E-state index contributed by atoms with van der Waals surface area (Å²) in [5.74, 6) is 0.711. The largest absolute Gasteiger partial charge is 0.395 e. The lowest BCUT2D eigenvalue weighted by Crippen LogP contribution is -2.45. The zero-order chi connectivity index (χ0) is 11.5. The van der Waals surface area contributed by atoms with Crippen molar-refractivity contribution in [3.8, 4) is 0 Å². The summed E-state index contributed by atoms with van der Waals surface area (Å²) in [4.78, 5) is 0. The van der Waals surface area contributed by atoms with Crippen LogP contribution in [0.15, 0.2) is 24.3 Å². The summed E-state index contributed by atoms with van der Waals surface area (Å²) in [6.45, 7) is 4.40. The molecule has 2 nitrogen and oxygen atoms in total.